The van der Waals surface area contributed by atoms with E-state index in [4.69, 9.17) is 0 Å². The number of amides is 2. The zero-order valence-electron chi connectivity index (χ0n) is 13.4. The predicted octanol–water partition coefficient (Wildman–Crippen LogP) is 2.89. The van der Waals surface area contributed by atoms with Crippen molar-refractivity contribution in [2.24, 2.45) is 0 Å². The summed E-state index contributed by atoms with van der Waals surface area (Å²) in [5.41, 5.74) is 3.41. The van der Waals surface area contributed by atoms with Gasteiger partial charge in [-0.2, -0.15) is 0 Å². The molecule has 0 saturated carbocycles. The highest BCUT2D eigenvalue weighted by Gasteiger charge is 2.22. The van der Waals surface area contributed by atoms with E-state index in [9.17, 15) is 9.59 Å². The van der Waals surface area contributed by atoms with Crippen LogP contribution in [0.2, 0.25) is 0 Å². The second kappa shape index (κ2) is 6.54. The molecule has 5 heteroatoms. The molecule has 1 aromatic heterocycles. The fourth-order valence-corrected chi connectivity index (χ4v) is 3.77. The summed E-state index contributed by atoms with van der Waals surface area (Å²) >= 11 is 1.54. The number of carbonyl (C=O) groups excluding carboxylic acids is 2. The van der Waals surface area contributed by atoms with Crippen LogP contribution >= 0.6 is 11.3 Å². The summed E-state index contributed by atoms with van der Waals surface area (Å²) in [4.78, 5) is 27.6. The Morgan fingerprint density at radius 3 is 2.70 bits per heavy atom. The fourth-order valence-electron chi connectivity index (χ4n) is 2.69. The van der Waals surface area contributed by atoms with E-state index in [1.165, 1.54) is 10.4 Å². The molecule has 0 unspecified atom stereocenters. The molecule has 1 aliphatic heterocycles. The van der Waals surface area contributed by atoms with Gasteiger partial charge in [0.25, 0.3) is 5.91 Å². The van der Waals surface area contributed by atoms with E-state index in [1.54, 1.807) is 18.3 Å². The van der Waals surface area contributed by atoms with Gasteiger partial charge in [-0.25, -0.2) is 0 Å². The maximum atomic E-state index is 12.3. The van der Waals surface area contributed by atoms with Gasteiger partial charge in [-0.15, -0.1) is 11.3 Å². The fraction of sp³-hybridized carbons (Fsp3) is 0.333. The van der Waals surface area contributed by atoms with Crippen LogP contribution < -0.4 is 5.32 Å². The molecular formula is C18H20N2O2S. The molecular weight excluding hydrogens is 308 g/mol. The number of aryl methyl sites for hydroxylation is 1. The van der Waals surface area contributed by atoms with Gasteiger partial charge in [-0.3, -0.25) is 9.59 Å². The highest BCUT2D eigenvalue weighted by Crippen LogP contribution is 2.28. The lowest BCUT2D eigenvalue weighted by atomic mass is 10.1. The summed E-state index contributed by atoms with van der Waals surface area (Å²) in [6, 6.07) is 10.1. The van der Waals surface area contributed by atoms with Crippen molar-refractivity contribution < 1.29 is 9.59 Å². The average Bonchev–Trinajstić information content (AvgIpc) is 2.97. The Balaban J connectivity index is 1.64. The highest BCUT2D eigenvalue weighted by atomic mass is 32.1. The maximum absolute atomic E-state index is 12.3. The number of benzene rings is 1. The zero-order chi connectivity index (χ0) is 16.4. The Labute approximate surface area is 140 Å². The summed E-state index contributed by atoms with van der Waals surface area (Å²) < 4.78 is 0. The molecule has 0 aliphatic carbocycles. The number of rotatable bonds is 3. The topological polar surface area (TPSA) is 49.4 Å². The van der Waals surface area contributed by atoms with Gasteiger partial charge in [-0.05, 0) is 30.5 Å². The van der Waals surface area contributed by atoms with Crippen molar-refractivity contribution in [2.45, 2.75) is 33.4 Å². The van der Waals surface area contributed by atoms with Crippen molar-refractivity contribution in [3.8, 4) is 0 Å². The van der Waals surface area contributed by atoms with Gasteiger partial charge in [0.15, 0.2) is 0 Å². The highest BCUT2D eigenvalue weighted by molar-refractivity contribution is 7.14. The van der Waals surface area contributed by atoms with Crippen LogP contribution in [0.5, 0.6) is 0 Å². The van der Waals surface area contributed by atoms with Gasteiger partial charge in [0, 0.05) is 31.4 Å². The van der Waals surface area contributed by atoms with Crippen LogP contribution in [0.1, 0.15) is 38.2 Å². The molecule has 1 aliphatic rings. The Kier molecular flexibility index (Phi) is 4.48. The molecule has 0 fully saturated rings. The number of nitrogens with zero attached hydrogens (tertiary/aromatic N) is 1. The number of thiophene rings is 1. The molecule has 4 nitrogen and oxygen atoms in total. The minimum absolute atomic E-state index is 0.0423. The average molecular weight is 328 g/mol. The first-order valence-electron chi connectivity index (χ1n) is 7.74. The summed E-state index contributed by atoms with van der Waals surface area (Å²) in [6.45, 7) is 5.52. The number of hydrogen-bond acceptors (Lipinski definition) is 3. The summed E-state index contributed by atoms with van der Waals surface area (Å²) in [7, 11) is 0. The van der Waals surface area contributed by atoms with Gasteiger partial charge < -0.3 is 10.2 Å². The SMILES string of the molecule is CC(=O)N1CCc2sc(C(=O)NCc3ccc(C)cc3)cc2C1. The Hall–Kier alpha value is -2.14. The summed E-state index contributed by atoms with van der Waals surface area (Å²) in [5, 5.41) is 2.97. The van der Waals surface area contributed by atoms with Gasteiger partial charge in [0.1, 0.15) is 0 Å². The minimum Gasteiger partial charge on any atom is -0.347 e. The molecule has 3 rings (SSSR count). The zero-order valence-corrected chi connectivity index (χ0v) is 14.2. The third kappa shape index (κ3) is 3.62. The molecule has 0 bridgehead atoms. The lowest BCUT2D eigenvalue weighted by Crippen LogP contribution is -2.33. The molecule has 2 aromatic rings. The molecule has 23 heavy (non-hydrogen) atoms. The van der Waals surface area contributed by atoms with E-state index in [-0.39, 0.29) is 11.8 Å². The summed E-state index contributed by atoms with van der Waals surface area (Å²) in [6.07, 6.45) is 0.838. The van der Waals surface area contributed by atoms with Crippen LogP contribution in [0, 0.1) is 6.92 Å². The second-order valence-electron chi connectivity index (χ2n) is 5.92. The predicted molar refractivity (Wildman–Crippen MR) is 91.5 cm³/mol. The van der Waals surface area contributed by atoms with E-state index in [2.05, 4.69) is 5.32 Å². The van der Waals surface area contributed by atoms with Crippen LogP contribution in [0.4, 0.5) is 0 Å². The Morgan fingerprint density at radius 2 is 2.00 bits per heavy atom. The minimum atomic E-state index is -0.0423. The molecule has 120 valence electrons. The molecule has 0 spiro atoms. The smallest absolute Gasteiger partial charge is 0.261 e. The van der Waals surface area contributed by atoms with Crippen LogP contribution in [0.3, 0.4) is 0 Å². The molecule has 1 aromatic carbocycles. The quantitative estimate of drug-likeness (QED) is 0.942. The largest absolute Gasteiger partial charge is 0.347 e. The summed E-state index contributed by atoms with van der Waals surface area (Å²) in [5.74, 6) is 0.0478. The number of fused-ring (bicyclic) bond motifs is 1. The van der Waals surface area contributed by atoms with Gasteiger partial charge in [0.2, 0.25) is 5.91 Å². The number of hydrogen-bond donors (Lipinski definition) is 1. The Bertz CT molecular complexity index is 734. The third-order valence-corrected chi connectivity index (χ3v) is 5.35. The van der Waals surface area contributed by atoms with Crippen LogP contribution in [-0.4, -0.2) is 23.3 Å². The Morgan fingerprint density at radius 1 is 1.26 bits per heavy atom. The van der Waals surface area contributed by atoms with Gasteiger partial charge in [-0.1, -0.05) is 29.8 Å². The van der Waals surface area contributed by atoms with E-state index < -0.39 is 0 Å². The van der Waals surface area contributed by atoms with Crippen molar-refractivity contribution >= 4 is 23.2 Å². The molecule has 1 N–H and O–H groups in total. The normalized spacial score (nSPS) is 13.6. The van der Waals surface area contributed by atoms with E-state index in [0.717, 1.165) is 29.0 Å². The van der Waals surface area contributed by atoms with E-state index in [1.807, 2.05) is 42.2 Å². The first-order valence-corrected chi connectivity index (χ1v) is 8.55. The van der Waals surface area contributed by atoms with Gasteiger partial charge in [0.05, 0.1) is 4.88 Å². The first kappa shape index (κ1) is 15.7. The van der Waals surface area contributed by atoms with E-state index in [0.29, 0.717) is 13.1 Å². The molecule has 2 amide bonds. The first-order chi connectivity index (χ1) is 11.0. The van der Waals surface area contributed by atoms with Crippen molar-refractivity contribution in [2.75, 3.05) is 6.54 Å². The van der Waals surface area contributed by atoms with Crippen molar-refractivity contribution in [3.05, 3.63) is 56.8 Å². The lowest BCUT2D eigenvalue weighted by molar-refractivity contribution is -0.129. The molecule has 0 saturated heterocycles. The van der Waals surface area contributed by atoms with Crippen molar-refractivity contribution in [1.82, 2.24) is 10.2 Å². The van der Waals surface area contributed by atoms with Crippen molar-refractivity contribution in [1.29, 1.82) is 0 Å². The van der Waals surface area contributed by atoms with Crippen LogP contribution in [0.15, 0.2) is 30.3 Å². The standard InChI is InChI=1S/C18H20N2O2S/c1-12-3-5-14(6-4-12)10-19-18(22)17-9-15-11-20(13(2)21)8-7-16(15)23-17/h3-6,9H,7-8,10-11H2,1-2H3,(H,19,22). The van der Waals surface area contributed by atoms with Crippen molar-refractivity contribution in [3.63, 3.8) is 0 Å². The maximum Gasteiger partial charge on any atom is 0.261 e. The molecule has 0 atom stereocenters. The molecule has 2 heterocycles. The monoisotopic (exact) mass is 328 g/mol. The van der Waals surface area contributed by atoms with E-state index >= 15 is 0 Å². The van der Waals surface area contributed by atoms with Crippen LogP contribution in [-0.2, 0) is 24.3 Å². The van der Waals surface area contributed by atoms with Crippen LogP contribution in [0.25, 0.3) is 0 Å². The van der Waals surface area contributed by atoms with Gasteiger partial charge >= 0.3 is 0 Å². The number of nitrogens with one attached hydrogen (secondary N) is 1. The third-order valence-electron chi connectivity index (χ3n) is 4.11. The molecule has 0 radical (unpaired) electrons. The number of carbonyl (C=O) groups is 2. The lowest BCUT2D eigenvalue weighted by Gasteiger charge is -2.25. The second-order valence-corrected chi connectivity index (χ2v) is 7.05.